The summed E-state index contributed by atoms with van der Waals surface area (Å²) in [5.41, 5.74) is 1.16. The molecule has 2 aromatic rings. The lowest BCUT2D eigenvalue weighted by molar-refractivity contribution is -0.133. The van der Waals surface area contributed by atoms with E-state index in [0.29, 0.717) is 17.7 Å². The molecule has 2 aromatic carbocycles. The summed E-state index contributed by atoms with van der Waals surface area (Å²) in [6, 6.07) is 12.2. The van der Waals surface area contributed by atoms with Gasteiger partial charge in [-0.15, -0.1) is 0 Å². The molecule has 0 aliphatic carbocycles. The zero-order chi connectivity index (χ0) is 17.5. The van der Waals surface area contributed by atoms with E-state index in [-0.39, 0.29) is 36.3 Å². The first-order valence-electron chi connectivity index (χ1n) is 7.52. The van der Waals surface area contributed by atoms with Crippen molar-refractivity contribution < 1.29 is 19.1 Å². The number of nitrogens with zero attached hydrogens (tertiary/aromatic N) is 1. The van der Waals surface area contributed by atoms with E-state index in [2.05, 4.69) is 5.32 Å². The highest BCUT2D eigenvalue weighted by atomic mass is 19.1. The highest BCUT2D eigenvalue weighted by Gasteiger charge is 2.14. The fourth-order valence-corrected chi connectivity index (χ4v) is 2.19. The van der Waals surface area contributed by atoms with Crippen molar-refractivity contribution in [2.75, 3.05) is 18.9 Å². The fraction of sp³-hybridized carbons (Fsp3) is 0.222. The molecule has 0 aliphatic heterocycles. The quantitative estimate of drug-likeness (QED) is 0.855. The van der Waals surface area contributed by atoms with E-state index in [1.54, 1.807) is 24.3 Å². The van der Waals surface area contributed by atoms with Crippen LogP contribution in [0, 0.1) is 5.82 Å². The first-order chi connectivity index (χ1) is 11.5. The Kier molecular flexibility index (Phi) is 5.89. The molecule has 0 saturated heterocycles. The van der Waals surface area contributed by atoms with Gasteiger partial charge in [0.1, 0.15) is 11.6 Å². The first-order valence-corrected chi connectivity index (χ1v) is 7.52. The van der Waals surface area contributed by atoms with Gasteiger partial charge < -0.3 is 15.3 Å². The number of carbonyl (C=O) groups is 2. The van der Waals surface area contributed by atoms with E-state index in [4.69, 9.17) is 0 Å². The number of likely N-dealkylation sites (N-methyl/N-ethyl adjacent to an activating group) is 1. The molecule has 0 atom stereocenters. The first kappa shape index (κ1) is 17.5. The summed E-state index contributed by atoms with van der Waals surface area (Å²) in [6.07, 6.45) is 0.591. The van der Waals surface area contributed by atoms with Crippen LogP contribution in [0.1, 0.15) is 12.0 Å². The van der Waals surface area contributed by atoms with Gasteiger partial charge in [0.25, 0.3) is 0 Å². The number of phenolic OH excluding ortho intramolecular Hbond substituents is 1. The van der Waals surface area contributed by atoms with E-state index in [0.717, 1.165) is 0 Å². The third-order valence-corrected chi connectivity index (χ3v) is 3.53. The van der Waals surface area contributed by atoms with Gasteiger partial charge in [-0.05, 0) is 42.3 Å². The number of aromatic hydroxyl groups is 1. The van der Waals surface area contributed by atoms with Crippen LogP contribution in [0.4, 0.5) is 10.1 Å². The van der Waals surface area contributed by atoms with Gasteiger partial charge in [-0.3, -0.25) is 9.59 Å². The summed E-state index contributed by atoms with van der Waals surface area (Å²) in [5, 5.41) is 12.3. The molecule has 0 spiro atoms. The summed E-state index contributed by atoms with van der Waals surface area (Å²) >= 11 is 0. The van der Waals surface area contributed by atoms with Crippen molar-refractivity contribution in [3.63, 3.8) is 0 Å². The molecule has 0 aromatic heterocycles. The topological polar surface area (TPSA) is 69.6 Å². The highest BCUT2D eigenvalue weighted by molar-refractivity contribution is 5.94. The Bertz CT molecular complexity index is 716. The largest absolute Gasteiger partial charge is 0.508 e. The Balaban J connectivity index is 1.81. The lowest BCUT2D eigenvalue weighted by Gasteiger charge is -2.17. The molecule has 2 amide bonds. The van der Waals surface area contributed by atoms with E-state index < -0.39 is 0 Å². The molecule has 2 N–H and O–H groups in total. The number of nitrogens with one attached hydrogen (secondary N) is 1. The summed E-state index contributed by atoms with van der Waals surface area (Å²) in [7, 11) is 1.54. The SMILES string of the molecule is CN(CC(=O)Nc1ccc(F)cc1)C(=O)CCc1ccccc1O. The molecular weight excluding hydrogens is 311 g/mol. The molecule has 6 heteroatoms. The fourth-order valence-electron chi connectivity index (χ4n) is 2.19. The van der Waals surface area contributed by atoms with Crippen molar-refractivity contribution in [2.45, 2.75) is 12.8 Å². The predicted molar refractivity (Wildman–Crippen MR) is 89.1 cm³/mol. The second-order valence-corrected chi connectivity index (χ2v) is 5.43. The molecule has 0 saturated carbocycles. The number of hydrogen-bond donors (Lipinski definition) is 2. The molecule has 5 nitrogen and oxygen atoms in total. The Morgan fingerprint density at radius 2 is 1.79 bits per heavy atom. The standard InChI is InChI=1S/C18H19FN2O3/c1-21(12-17(23)20-15-9-7-14(19)8-10-15)18(24)11-6-13-4-2-3-5-16(13)22/h2-5,7-10,22H,6,11-12H2,1H3,(H,20,23). The zero-order valence-corrected chi connectivity index (χ0v) is 13.3. The van der Waals surface area contributed by atoms with Gasteiger partial charge in [0.15, 0.2) is 0 Å². The molecule has 0 heterocycles. The van der Waals surface area contributed by atoms with Gasteiger partial charge in [0, 0.05) is 19.2 Å². The predicted octanol–water partition coefficient (Wildman–Crippen LogP) is 2.56. The van der Waals surface area contributed by atoms with E-state index in [9.17, 15) is 19.1 Å². The van der Waals surface area contributed by atoms with Crippen LogP contribution in [0.3, 0.4) is 0 Å². The van der Waals surface area contributed by atoms with Crippen LogP contribution >= 0.6 is 0 Å². The van der Waals surface area contributed by atoms with Crippen molar-refractivity contribution in [2.24, 2.45) is 0 Å². The molecular formula is C18H19FN2O3. The average molecular weight is 330 g/mol. The van der Waals surface area contributed by atoms with Crippen molar-refractivity contribution in [1.82, 2.24) is 4.90 Å². The number of halogens is 1. The lowest BCUT2D eigenvalue weighted by atomic mass is 10.1. The van der Waals surface area contributed by atoms with Crippen LogP contribution < -0.4 is 5.32 Å². The summed E-state index contributed by atoms with van der Waals surface area (Å²) < 4.78 is 12.8. The van der Waals surface area contributed by atoms with Gasteiger partial charge in [-0.1, -0.05) is 18.2 Å². The van der Waals surface area contributed by atoms with Crippen molar-refractivity contribution in [3.8, 4) is 5.75 Å². The molecule has 24 heavy (non-hydrogen) atoms. The minimum absolute atomic E-state index is 0.100. The highest BCUT2D eigenvalue weighted by Crippen LogP contribution is 2.17. The maximum atomic E-state index is 12.8. The Hall–Kier alpha value is -2.89. The maximum Gasteiger partial charge on any atom is 0.243 e. The maximum absolute atomic E-state index is 12.8. The van der Waals surface area contributed by atoms with Gasteiger partial charge in [0.2, 0.25) is 11.8 Å². The second kappa shape index (κ2) is 8.10. The van der Waals surface area contributed by atoms with Crippen LogP contribution in [0.5, 0.6) is 5.75 Å². The number of anilines is 1. The monoisotopic (exact) mass is 330 g/mol. The lowest BCUT2D eigenvalue weighted by Crippen LogP contribution is -2.35. The molecule has 2 rings (SSSR count). The number of amides is 2. The third kappa shape index (κ3) is 5.08. The van der Waals surface area contributed by atoms with Crippen LogP contribution in [-0.2, 0) is 16.0 Å². The Labute approximate surface area is 139 Å². The summed E-state index contributed by atoms with van der Waals surface area (Å²) in [4.78, 5) is 25.3. The molecule has 0 unspecified atom stereocenters. The molecule has 0 fully saturated rings. The second-order valence-electron chi connectivity index (χ2n) is 5.43. The third-order valence-electron chi connectivity index (χ3n) is 3.53. The molecule has 0 aliphatic rings. The van der Waals surface area contributed by atoms with Crippen molar-refractivity contribution in [1.29, 1.82) is 0 Å². The number of aryl methyl sites for hydroxylation is 1. The minimum atomic E-state index is -0.385. The minimum Gasteiger partial charge on any atom is -0.508 e. The van der Waals surface area contributed by atoms with Crippen LogP contribution in [0.25, 0.3) is 0 Å². The van der Waals surface area contributed by atoms with E-state index >= 15 is 0 Å². The summed E-state index contributed by atoms with van der Waals surface area (Å²) in [5.74, 6) is -0.793. The van der Waals surface area contributed by atoms with Crippen molar-refractivity contribution >= 4 is 17.5 Å². The van der Waals surface area contributed by atoms with Crippen LogP contribution in [0.2, 0.25) is 0 Å². The molecule has 0 bridgehead atoms. The zero-order valence-electron chi connectivity index (χ0n) is 13.3. The number of phenols is 1. The molecule has 0 radical (unpaired) electrons. The van der Waals surface area contributed by atoms with Gasteiger partial charge in [-0.2, -0.15) is 0 Å². The number of benzene rings is 2. The average Bonchev–Trinajstić information content (AvgIpc) is 2.56. The van der Waals surface area contributed by atoms with Crippen LogP contribution in [-0.4, -0.2) is 35.4 Å². The van der Waals surface area contributed by atoms with Gasteiger partial charge in [-0.25, -0.2) is 4.39 Å². The normalized spacial score (nSPS) is 10.2. The number of para-hydroxylation sites is 1. The number of hydrogen-bond acceptors (Lipinski definition) is 3. The van der Waals surface area contributed by atoms with Crippen LogP contribution in [0.15, 0.2) is 48.5 Å². The molecule has 126 valence electrons. The number of rotatable bonds is 6. The Morgan fingerprint density at radius 1 is 1.12 bits per heavy atom. The van der Waals surface area contributed by atoms with E-state index in [1.807, 2.05) is 0 Å². The van der Waals surface area contributed by atoms with Gasteiger partial charge >= 0.3 is 0 Å². The summed E-state index contributed by atoms with van der Waals surface area (Å²) in [6.45, 7) is -0.100. The van der Waals surface area contributed by atoms with E-state index in [1.165, 1.54) is 36.2 Å². The van der Waals surface area contributed by atoms with Crippen molar-refractivity contribution in [3.05, 3.63) is 59.9 Å². The number of carbonyl (C=O) groups excluding carboxylic acids is 2. The smallest absolute Gasteiger partial charge is 0.243 e. The Morgan fingerprint density at radius 3 is 2.46 bits per heavy atom. The van der Waals surface area contributed by atoms with Gasteiger partial charge in [0.05, 0.1) is 6.54 Å².